The topological polar surface area (TPSA) is 72.7 Å². The number of aromatic nitrogens is 4. The van der Waals surface area contributed by atoms with E-state index in [0.717, 1.165) is 42.3 Å². The van der Waals surface area contributed by atoms with Gasteiger partial charge in [0.1, 0.15) is 5.82 Å². The molecule has 3 heterocycles. The van der Waals surface area contributed by atoms with Crippen molar-refractivity contribution >= 4 is 11.6 Å². The first-order valence-corrected chi connectivity index (χ1v) is 8.55. The monoisotopic (exact) mass is 333 g/mol. The zero-order valence-electron chi connectivity index (χ0n) is 13.9. The summed E-state index contributed by atoms with van der Waals surface area (Å²) in [6, 6.07) is 11.1. The second-order valence-corrected chi connectivity index (χ2v) is 6.17. The van der Waals surface area contributed by atoms with Crippen LogP contribution in [0.15, 0.2) is 48.8 Å². The molecular formula is C19H19N5O. The summed E-state index contributed by atoms with van der Waals surface area (Å²) in [5, 5.41) is 11.7. The summed E-state index contributed by atoms with van der Waals surface area (Å²) in [5.74, 6) is 1.77. The molecule has 2 aromatic heterocycles. The Morgan fingerprint density at radius 1 is 1.04 bits per heavy atom. The van der Waals surface area contributed by atoms with Crippen LogP contribution in [0.5, 0.6) is 0 Å². The molecule has 126 valence electrons. The number of pyridine rings is 1. The van der Waals surface area contributed by atoms with Gasteiger partial charge in [-0.1, -0.05) is 18.6 Å². The Balaban J connectivity index is 1.60. The van der Waals surface area contributed by atoms with E-state index in [1.165, 1.54) is 12.8 Å². The minimum atomic E-state index is -0.153. The normalized spacial score (nSPS) is 13.8. The van der Waals surface area contributed by atoms with Crippen LogP contribution in [0.1, 0.15) is 35.4 Å². The highest BCUT2D eigenvalue weighted by molar-refractivity contribution is 6.04. The van der Waals surface area contributed by atoms with Gasteiger partial charge in [0, 0.05) is 42.2 Å². The molecule has 1 aromatic carbocycles. The maximum Gasteiger partial charge on any atom is 0.255 e. The molecule has 0 atom stereocenters. The van der Waals surface area contributed by atoms with E-state index in [0.29, 0.717) is 5.56 Å². The van der Waals surface area contributed by atoms with Crippen molar-refractivity contribution in [3.63, 3.8) is 0 Å². The zero-order chi connectivity index (χ0) is 17.1. The number of hydrogen-bond acceptors (Lipinski definition) is 4. The summed E-state index contributed by atoms with van der Waals surface area (Å²) < 4.78 is 2.21. The number of benzene rings is 1. The van der Waals surface area contributed by atoms with E-state index in [9.17, 15) is 4.79 Å². The Bertz CT molecular complexity index is 888. The van der Waals surface area contributed by atoms with Crippen molar-refractivity contribution < 1.29 is 4.79 Å². The molecule has 25 heavy (non-hydrogen) atoms. The summed E-state index contributed by atoms with van der Waals surface area (Å²) in [5.41, 5.74) is 2.29. The molecule has 0 radical (unpaired) electrons. The molecule has 1 amide bonds. The van der Waals surface area contributed by atoms with E-state index in [1.54, 1.807) is 24.5 Å². The van der Waals surface area contributed by atoms with Gasteiger partial charge in [-0.05, 0) is 37.1 Å². The van der Waals surface area contributed by atoms with E-state index in [4.69, 9.17) is 0 Å². The van der Waals surface area contributed by atoms with Gasteiger partial charge in [0.15, 0.2) is 5.82 Å². The molecule has 0 unspecified atom stereocenters. The van der Waals surface area contributed by atoms with E-state index in [-0.39, 0.29) is 5.91 Å². The fourth-order valence-electron chi connectivity index (χ4n) is 3.14. The minimum absolute atomic E-state index is 0.153. The Morgan fingerprint density at radius 2 is 1.92 bits per heavy atom. The third-order valence-electron chi connectivity index (χ3n) is 4.43. The first-order valence-electron chi connectivity index (χ1n) is 8.55. The van der Waals surface area contributed by atoms with Gasteiger partial charge in [0.05, 0.1) is 0 Å². The number of anilines is 1. The number of carbonyl (C=O) groups is 1. The Labute approximate surface area is 145 Å². The summed E-state index contributed by atoms with van der Waals surface area (Å²) in [7, 11) is 0. The van der Waals surface area contributed by atoms with Gasteiger partial charge in [-0.3, -0.25) is 9.78 Å². The van der Waals surface area contributed by atoms with Crippen molar-refractivity contribution in [2.45, 2.75) is 32.2 Å². The second-order valence-electron chi connectivity index (χ2n) is 6.17. The largest absolute Gasteiger partial charge is 0.322 e. The standard InChI is InChI=1S/C19H19N5O/c25-19(14-8-10-20-11-9-14)21-16-6-4-5-15(13-16)18-23-22-17-7-2-1-3-12-24(17)18/h4-6,8-11,13H,1-3,7,12H2,(H,21,25). The van der Waals surface area contributed by atoms with Crippen LogP contribution in [0.4, 0.5) is 5.69 Å². The Morgan fingerprint density at radius 3 is 2.80 bits per heavy atom. The maximum atomic E-state index is 12.3. The molecule has 4 rings (SSSR count). The van der Waals surface area contributed by atoms with Crippen LogP contribution in [0.2, 0.25) is 0 Å². The molecule has 0 saturated carbocycles. The molecular weight excluding hydrogens is 314 g/mol. The molecule has 6 heteroatoms. The van der Waals surface area contributed by atoms with Crippen LogP contribution < -0.4 is 5.32 Å². The second kappa shape index (κ2) is 6.84. The fraction of sp³-hybridized carbons (Fsp3) is 0.263. The first-order chi connectivity index (χ1) is 12.3. The van der Waals surface area contributed by atoms with Gasteiger partial charge < -0.3 is 9.88 Å². The van der Waals surface area contributed by atoms with Crippen LogP contribution in [-0.2, 0) is 13.0 Å². The quantitative estimate of drug-likeness (QED) is 0.798. The van der Waals surface area contributed by atoms with Crippen molar-refractivity contribution in [2.24, 2.45) is 0 Å². The average molecular weight is 333 g/mol. The highest BCUT2D eigenvalue weighted by Gasteiger charge is 2.16. The lowest BCUT2D eigenvalue weighted by Gasteiger charge is -2.09. The maximum absolute atomic E-state index is 12.3. The number of amides is 1. The van der Waals surface area contributed by atoms with Gasteiger partial charge >= 0.3 is 0 Å². The van der Waals surface area contributed by atoms with E-state index >= 15 is 0 Å². The van der Waals surface area contributed by atoms with Crippen LogP contribution >= 0.6 is 0 Å². The van der Waals surface area contributed by atoms with Crippen molar-refractivity contribution in [3.8, 4) is 11.4 Å². The van der Waals surface area contributed by atoms with Crippen molar-refractivity contribution in [2.75, 3.05) is 5.32 Å². The number of rotatable bonds is 3. The van der Waals surface area contributed by atoms with Crippen LogP contribution in [0.3, 0.4) is 0 Å². The van der Waals surface area contributed by atoms with Crippen molar-refractivity contribution in [1.29, 1.82) is 0 Å². The van der Waals surface area contributed by atoms with Gasteiger partial charge in [-0.15, -0.1) is 10.2 Å². The van der Waals surface area contributed by atoms with Crippen molar-refractivity contribution in [3.05, 3.63) is 60.2 Å². The summed E-state index contributed by atoms with van der Waals surface area (Å²) in [6.45, 7) is 0.950. The van der Waals surface area contributed by atoms with Gasteiger partial charge in [-0.25, -0.2) is 0 Å². The van der Waals surface area contributed by atoms with Gasteiger partial charge in [0.25, 0.3) is 5.91 Å². The smallest absolute Gasteiger partial charge is 0.255 e. The highest BCUT2D eigenvalue weighted by atomic mass is 16.1. The molecule has 0 bridgehead atoms. The SMILES string of the molecule is O=C(Nc1cccc(-c2nnc3n2CCCCC3)c1)c1ccncc1. The third kappa shape index (κ3) is 3.28. The van der Waals surface area contributed by atoms with E-state index in [1.807, 2.05) is 24.3 Å². The van der Waals surface area contributed by atoms with Crippen LogP contribution in [-0.4, -0.2) is 25.7 Å². The van der Waals surface area contributed by atoms with E-state index < -0.39 is 0 Å². The summed E-state index contributed by atoms with van der Waals surface area (Å²) >= 11 is 0. The van der Waals surface area contributed by atoms with Gasteiger partial charge in [-0.2, -0.15) is 0 Å². The first kappa shape index (κ1) is 15.5. The predicted molar refractivity (Wildman–Crippen MR) is 95.2 cm³/mol. The predicted octanol–water partition coefficient (Wildman–Crippen LogP) is 3.32. The summed E-state index contributed by atoms with van der Waals surface area (Å²) in [6.07, 6.45) is 7.74. The molecule has 0 aliphatic carbocycles. The zero-order valence-corrected chi connectivity index (χ0v) is 13.9. The number of carbonyl (C=O) groups excluding carboxylic acids is 1. The van der Waals surface area contributed by atoms with Gasteiger partial charge in [0.2, 0.25) is 0 Å². The van der Waals surface area contributed by atoms with Crippen molar-refractivity contribution in [1.82, 2.24) is 19.7 Å². The Kier molecular flexibility index (Phi) is 4.24. The molecule has 0 fully saturated rings. The number of nitrogens with one attached hydrogen (secondary N) is 1. The number of nitrogens with zero attached hydrogens (tertiary/aromatic N) is 4. The van der Waals surface area contributed by atoms with Crippen LogP contribution in [0.25, 0.3) is 11.4 Å². The third-order valence-corrected chi connectivity index (χ3v) is 4.43. The molecule has 3 aromatic rings. The lowest BCUT2D eigenvalue weighted by molar-refractivity contribution is 0.102. The number of aryl methyl sites for hydroxylation is 1. The molecule has 0 saturated heterocycles. The van der Waals surface area contributed by atoms with Crippen LogP contribution in [0, 0.1) is 0 Å². The number of fused-ring (bicyclic) bond motifs is 1. The van der Waals surface area contributed by atoms with E-state index in [2.05, 4.69) is 25.1 Å². The Hall–Kier alpha value is -3.02. The minimum Gasteiger partial charge on any atom is -0.322 e. The number of hydrogen-bond donors (Lipinski definition) is 1. The average Bonchev–Trinajstić information content (AvgIpc) is 2.91. The highest BCUT2D eigenvalue weighted by Crippen LogP contribution is 2.25. The lowest BCUT2D eigenvalue weighted by Crippen LogP contribution is -2.12. The molecule has 1 aliphatic heterocycles. The molecule has 1 N–H and O–H groups in total. The lowest BCUT2D eigenvalue weighted by atomic mass is 10.1. The molecule has 6 nitrogen and oxygen atoms in total. The molecule has 0 spiro atoms. The summed E-state index contributed by atoms with van der Waals surface area (Å²) in [4.78, 5) is 16.3. The molecule has 1 aliphatic rings. The fourth-order valence-corrected chi connectivity index (χ4v) is 3.14.